The van der Waals surface area contributed by atoms with Gasteiger partial charge in [0.25, 0.3) is 0 Å². The minimum Gasteiger partial charge on any atom is -0.490 e. The van der Waals surface area contributed by atoms with Crippen molar-refractivity contribution in [3.8, 4) is 5.75 Å². The Labute approximate surface area is 119 Å². The van der Waals surface area contributed by atoms with Crippen molar-refractivity contribution in [3.05, 3.63) is 36.2 Å². The third kappa shape index (κ3) is 3.17. The van der Waals surface area contributed by atoms with Crippen molar-refractivity contribution in [1.82, 2.24) is 10.3 Å². The number of fused-ring (bicyclic) bond motifs is 1. The van der Waals surface area contributed by atoms with Gasteiger partial charge < -0.3 is 10.1 Å². The normalized spacial score (nSPS) is 16.1. The van der Waals surface area contributed by atoms with Gasteiger partial charge in [-0.3, -0.25) is 4.98 Å². The Morgan fingerprint density at radius 2 is 2.00 bits per heavy atom. The zero-order valence-electron chi connectivity index (χ0n) is 11.1. The number of hydrogen-bond acceptors (Lipinski definition) is 3. The van der Waals surface area contributed by atoms with E-state index in [0.29, 0.717) is 6.10 Å². The van der Waals surface area contributed by atoms with E-state index in [4.69, 9.17) is 4.74 Å². The molecule has 19 heavy (non-hydrogen) atoms. The Balaban J connectivity index is 0.00000133. The average Bonchev–Trinajstić information content (AvgIpc) is 2.41. The number of nitrogens with zero attached hydrogens (tertiary/aromatic N) is 1. The van der Waals surface area contributed by atoms with Crippen molar-refractivity contribution in [2.45, 2.75) is 25.9 Å². The van der Waals surface area contributed by atoms with Crippen LogP contribution in [0.2, 0.25) is 0 Å². The van der Waals surface area contributed by atoms with Crippen LogP contribution in [-0.4, -0.2) is 24.2 Å². The molecular weight excluding hydrogens is 260 g/mol. The maximum atomic E-state index is 6.13. The number of hydrogen-bond donors (Lipinski definition) is 1. The van der Waals surface area contributed by atoms with Crippen LogP contribution in [0.5, 0.6) is 5.75 Å². The number of benzene rings is 1. The van der Waals surface area contributed by atoms with Gasteiger partial charge in [0.05, 0.1) is 0 Å². The number of ether oxygens (including phenoxy) is 1. The SMILES string of the molecule is Cc1cc2cnccc2cc1OC1CCNCC1.Cl. The van der Waals surface area contributed by atoms with Crippen molar-refractivity contribution in [2.24, 2.45) is 0 Å². The number of aromatic nitrogens is 1. The Morgan fingerprint density at radius 3 is 2.79 bits per heavy atom. The van der Waals surface area contributed by atoms with Crippen LogP contribution in [0.3, 0.4) is 0 Å². The van der Waals surface area contributed by atoms with Gasteiger partial charge in [0.1, 0.15) is 11.9 Å². The summed E-state index contributed by atoms with van der Waals surface area (Å²) >= 11 is 0. The lowest BCUT2D eigenvalue weighted by atomic mass is 10.1. The third-order valence-electron chi connectivity index (χ3n) is 3.51. The number of aryl methyl sites for hydroxylation is 1. The summed E-state index contributed by atoms with van der Waals surface area (Å²) in [4.78, 5) is 4.15. The van der Waals surface area contributed by atoms with Gasteiger partial charge in [0, 0.05) is 17.8 Å². The molecule has 1 aliphatic heterocycles. The molecule has 1 aromatic carbocycles. The molecule has 102 valence electrons. The monoisotopic (exact) mass is 278 g/mol. The van der Waals surface area contributed by atoms with Crippen LogP contribution in [0.25, 0.3) is 10.8 Å². The summed E-state index contributed by atoms with van der Waals surface area (Å²) in [6, 6.07) is 6.32. The predicted molar refractivity (Wildman–Crippen MR) is 80.2 cm³/mol. The summed E-state index contributed by atoms with van der Waals surface area (Å²) in [5, 5.41) is 5.72. The summed E-state index contributed by atoms with van der Waals surface area (Å²) < 4.78 is 6.13. The van der Waals surface area contributed by atoms with Crippen LogP contribution in [0.1, 0.15) is 18.4 Å². The first-order chi connectivity index (χ1) is 8.83. The fraction of sp³-hybridized carbons (Fsp3) is 0.400. The number of halogens is 1. The third-order valence-corrected chi connectivity index (χ3v) is 3.51. The van der Waals surface area contributed by atoms with Gasteiger partial charge in [-0.05, 0) is 62.0 Å². The number of pyridine rings is 1. The zero-order valence-corrected chi connectivity index (χ0v) is 11.9. The van der Waals surface area contributed by atoms with Crippen molar-refractivity contribution >= 4 is 23.2 Å². The Morgan fingerprint density at radius 1 is 1.21 bits per heavy atom. The molecule has 0 radical (unpaired) electrons. The second-order valence-electron chi connectivity index (χ2n) is 4.91. The Bertz CT molecular complexity index is 553. The average molecular weight is 279 g/mol. The predicted octanol–water partition coefficient (Wildman–Crippen LogP) is 3.10. The molecule has 1 fully saturated rings. The molecule has 4 heteroatoms. The Hall–Kier alpha value is -1.32. The van der Waals surface area contributed by atoms with Crippen molar-refractivity contribution in [2.75, 3.05) is 13.1 Å². The lowest BCUT2D eigenvalue weighted by Crippen LogP contribution is -2.34. The summed E-state index contributed by atoms with van der Waals surface area (Å²) in [5.41, 5.74) is 1.19. The molecule has 0 saturated carbocycles. The highest BCUT2D eigenvalue weighted by atomic mass is 35.5. The van der Waals surface area contributed by atoms with Crippen molar-refractivity contribution in [1.29, 1.82) is 0 Å². The summed E-state index contributed by atoms with van der Waals surface area (Å²) in [5.74, 6) is 1.01. The summed E-state index contributed by atoms with van der Waals surface area (Å²) in [6.07, 6.45) is 6.26. The fourth-order valence-electron chi connectivity index (χ4n) is 2.45. The highest BCUT2D eigenvalue weighted by molar-refractivity contribution is 5.85. The van der Waals surface area contributed by atoms with Crippen LogP contribution in [-0.2, 0) is 0 Å². The quantitative estimate of drug-likeness (QED) is 0.917. The minimum atomic E-state index is 0. The molecule has 1 aromatic heterocycles. The van der Waals surface area contributed by atoms with E-state index in [1.807, 2.05) is 18.5 Å². The van der Waals surface area contributed by atoms with E-state index in [1.165, 1.54) is 16.3 Å². The molecule has 2 aromatic rings. The lowest BCUT2D eigenvalue weighted by molar-refractivity contribution is 0.161. The topological polar surface area (TPSA) is 34.1 Å². The molecular formula is C15H19ClN2O. The van der Waals surface area contributed by atoms with E-state index in [-0.39, 0.29) is 12.4 Å². The second kappa shape index (κ2) is 6.22. The largest absolute Gasteiger partial charge is 0.490 e. The maximum Gasteiger partial charge on any atom is 0.123 e. The van der Waals surface area contributed by atoms with Crippen LogP contribution in [0, 0.1) is 6.92 Å². The maximum absolute atomic E-state index is 6.13. The summed E-state index contributed by atoms with van der Waals surface area (Å²) in [7, 11) is 0. The van der Waals surface area contributed by atoms with E-state index in [2.05, 4.69) is 29.4 Å². The first-order valence-corrected chi connectivity index (χ1v) is 6.55. The van der Waals surface area contributed by atoms with Crippen molar-refractivity contribution < 1.29 is 4.74 Å². The number of piperidine rings is 1. The van der Waals surface area contributed by atoms with E-state index in [9.17, 15) is 0 Å². The van der Waals surface area contributed by atoms with Gasteiger partial charge in [-0.15, -0.1) is 12.4 Å². The number of nitrogens with one attached hydrogen (secondary N) is 1. The van der Waals surface area contributed by atoms with Gasteiger partial charge in [-0.25, -0.2) is 0 Å². The van der Waals surface area contributed by atoms with Crippen molar-refractivity contribution in [3.63, 3.8) is 0 Å². The van der Waals surface area contributed by atoms with Crippen LogP contribution in [0.4, 0.5) is 0 Å². The molecule has 0 atom stereocenters. The van der Waals surface area contributed by atoms with Gasteiger partial charge in [-0.1, -0.05) is 0 Å². The van der Waals surface area contributed by atoms with Gasteiger partial charge in [0.15, 0.2) is 0 Å². The molecule has 0 bridgehead atoms. The Kier molecular flexibility index (Phi) is 4.61. The van der Waals surface area contributed by atoms with Crippen LogP contribution in [0.15, 0.2) is 30.6 Å². The van der Waals surface area contributed by atoms with E-state index < -0.39 is 0 Å². The van der Waals surface area contributed by atoms with Gasteiger partial charge in [-0.2, -0.15) is 0 Å². The molecule has 0 amide bonds. The zero-order chi connectivity index (χ0) is 12.4. The molecule has 1 saturated heterocycles. The highest BCUT2D eigenvalue weighted by Gasteiger charge is 2.15. The molecule has 0 spiro atoms. The molecule has 0 aliphatic carbocycles. The highest BCUT2D eigenvalue weighted by Crippen LogP contribution is 2.26. The molecule has 1 aliphatic rings. The molecule has 1 N–H and O–H groups in total. The standard InChI is InChI=1S/C15H18N2O.ClH/c1-11-8-13-10-17-5-2-12(13)9-15(11)18-14-3-6-16-7-4-14;/h2,5,8-10,14,16H,3-4,6-7H2,1H3;1H. The first kappa shape index (κ1) is 14.1. The van der Waals surface area contributed by atoms with Gasteiger partial charge in [0.2, 0.25) is 0 Å². The van der Waals surface area contributed by atoms with E-state index >= 15 is 0 Å². The lowest BCUT2D eigenvalue weighted by Gasteiger charge is -2.24. The van der Waals surface area contributed by atoms with Crippen LogP contribution < -0.4 is 10.1 Å². The smallest absolute Gasteiger partial charge is 0.123 e. The van der Waals surface area contributed by atoms with Gasteiger partial charge >= 0.3 is 0 Å². The van der Waals surface area contributed by atoms with E-state index in [1.54, 1.807) is 0 Å². The van der Waals surface area contributed by atoms with Crippen LogP contribution >= 0.6 is 12.4 Å². The summed E-state index contributed by atoms with van der Waals surface area (Å²) in [6.45, 7) is 4.21. The minimum absolute atomic E-state index is 0. The molecule has 2 heterocycles. The number of rotatable bonds is 2. The molecule has 0 unspecified atom stereocenters. The molecule has 3 rings (SSSR count). The fourth-order valence-corrected chi connectivity index (χ4v) is 2.45. The first-order valence-electron chi connectivity index (χ1n) is 6.55. The molecule has 3 nitrogen and oxygen atoms in total. The second-order valence-corrected chi connectivity index (χ2v) is 4.91. The van der Waals surface area contributed by atoms with E-state index in [0.717, 1.165) is 31.7 Å².